The number of rotatable bonds is 3. The van der Waals surface area contributed by atoms with E-state index in [1.54, 1.807) is 11.1 Å². The molecule has 5 rings (SSSR count). The zero-order valence-electron chi connectivity index (χ0n) is 17.0. The largest absolute Gasteiger partial charge is 0.441 e. The third-order valence-electron chi connectivity index (χ3n) is 6.16. The lowest BCUT2D eigenvalue weighted by Gasteiger charge is -2.34. The molecule has 1 saturated heterocycles. The molecule has 3 aromatic rings. The van der Waals surface area contributed by atoms with Crippen LogP contribution >= 0.6 is 12.4 Å². The number of nitrogens with one attached hydrogen (secondary N) is 1. The number of fused-ring (bicyclic) bond motifs is 1. The second-order valence-corrected chi connectivity index (χ2v) is 8.15. The zero-order valence-corrected chi connectivity index (χ0v) is 17.8. The molecule has 2 aliphatic rings. The lowest BCUT2D eigenvalue weighted by atomic mass is 9.78. The molecule has 2 amide bonds. The van der Waals surface area contributed by atoms with Gasteiger partial charge in [0.2, 0.25) is 5.91 Å². The van der Waals surface area contributed by atoms with Crippen molar-refractivity contribution in [1.82, 2.24) is 4.98 Å². The molecule has 2 aromatic carbocycles. The van der Waals surface area contributed by atoms with Gasteiger partial charge in [-0.25, -0.2) is 4.79 Å². The van der Waals surface area contributed by atoms with Gasteiger partial charge in [-0.15, -0.1) is 12.4 Å². The molecule has 7 heteroatoms. The monoisotopic (exact) mass is 437 g/mol. The van der Waals surface area contributed by atoms with Gasteiger partial charge in [-0.2, -0.15) is 0 Å². The minimum atomic E-state index is -0.492. The minimum absolute atomic E-state index is 0. The summed E-state index contributed by atoms with van der Waals surface area (Å²) in [5.41, 5.74) is 1.97. The molecule has 1 spiro atoms. The van der Waals surface area contributed by atoms with E-state index in [4.69, 9.17) is 4.74 Å². The predicted octanol–water partition coefficient (Wildman–Crippen LogP) is 5.18. The Labute approximate surface area is 187 Å². The Hall–Kier alpha value is -3.12. The molecule has 1 saturated carbocycles. The molecule has 2 heterocycles. The Balaban J connectivity index is 0.00000231. The van der Waals surface area contributed by atoms with Crippen molar-refractivity contribution in [2.24, 2.45) is 5.92 Å². The predicted molar refractivity (Wildman–Crippen MR) is 123 cm³/mol. The van der Waals surface area contributed by atoms with Crippen LogP contribution in [0.5, 0.6) is 0 Å². The zero-order chi connectivity index (χ0) is 20.6. The van der Waals surface area contributed by atoms with Crippen LogP contribution in [-0.2, 0) is 9.53 Å². The quantitative estimate of drug-likeness (QED) is 0.612. The molecular formula is C24H24ClN3O3. The van der Waals surface area contributed by atoms with Crippen molar-refractivity contribution in [3.63, 3.8) is 0 Å². The van der Waals surface area contributed by atoms with Crippen molar-refractivity contribution in [2.45, 2.75) is 31.3 Å². The lowest BCUT2D eigenvalue weighted by molar-refractivity contribution is -0.122. The summed E-state index contributed by atoms with van der Waals surface area (Å²) in [6.07, 6.45) is 4.17. The summed E-state index contributed by atoms with van der Waals surface area (Å²) >= 11 is 0. The van der Waals surface area contributed by atoms with E-state index in [-0.39, 0.29) is 30.3 Å². The Kier molecular flexibility index (Phi) is 5.83. The molecule has 0 atom stereocenters. The number of benzene rings is 2. The van der Waals surface area contributed by atoms with Gasteiger partial charge in [0, 0.05) is 17.0 Å². The molecule has 6 nitrogen and oxygen atoms in total. The number of amides is 2. The summed E-state index contributed by atoms with van der Waals surface area (Å²) in [4.78, 5) is 31.3. The second kappa shape index (κ2) is 8.55. The van der Waals surface area contributed by atoms with E-state index < -0.39 is 5.60 Å². The summed E-state index contributed by atoms with van der Waals surface area (Å²) in [7, 11) is 0. The first-order chi connectivity index (χ1) is 14.6. The lowest BCUT2D eigenvalue weighted by Crippen LogP contribution is -2.41. The highest BCUT2D eigenvalue weighted by molar-refractivity contribution is 5.95. The van der Waals surface area contributed by atoms with Crippen LogP contribution in [-0.4, -0.2) is 29.1 Å². The van der Waals surface area contributed by atoms with Crippen LogP contribution in [0.25, 0.3) is 10.9 Å². The topological polar surface area (TPSA) is 71.5 Å². The van der Waals surface area contributed by atoms with Gasteiger partial charge >= 0.3 is 6.09 Å². The van der Waals surface area contributed by atoms with E-state index in [1.807, 2.05) is 60.7 Å². The Morgan fingerprint density at radius 1 is 1.06 bits per heavy atom. The van der Waals surface area contributed by atoms with Crippen LogP contribution < -0.4 is 10.2 Å². The third-order valence-corrected chi connectivity index (χ3v) is 6.16. The van der Waals surface area contributed by atoms with E-state index in [2.05, 4.69) is 10.3 Å². The summed E-state index contributed by atoms with van der Waals surface area (Å²) in [5.74, 6) is -0.0854. The van der Waals surface area contributed by atoms with Crippen molar-refractivity contribution < 1.29 is 14.3 Å². The smallest absolute Gasteiger partial charge is 0.415 e. The van der Waals surface area contributed by atoms with Gasteiger partial charge in [0.15, 0.2) is 0 Å². The van der Waals surface area contributed by atoms with E-state index >= 15 is 0 Å². The number of hydrogen-bond acceptors (Lipinski definition) is 4. The molecule has 1 aliphatic carbocycles. The maximum Gasteiger partial charge on any atom is 0.415 e. The summed E-state index contributed by atoms with van der Waals surface area (Å²) in [5, 5.41) is 4.00. The van der Waals surface area contributed by atoms with Crippen molar-refractivity contribution in [3.8, 4) is 0 Å². The van der Waals surface area contributed by atoms with Crippen molar-refractivity contribution >= 4 is 46.7 Å². The van der Waals surface area contributed by atoms with E-state index in [9.17, 15) is 9.59 Å². The highest BCUT2D eigenvalue weighted by atomic mass is 35.5. The summed E-state index contributed by atoms with van der Waals surface area (Å²) in [6, 6.07) is 19.4. The van der Waals surface area contributed by atoms with Crippen LogP contribution in [0.15, 0.2) is 66.9 Å². The standard InChI is InChI=1S/C24H23N3O3.ClH/c28-22(26-19-14-18-6-4-5-9-21(18)25-15-19)17-10-12-24(13-11-17)16-27(23(29)30-24)20-7-2-1-3-8-20;/h1-9,14-15,17H,10-13,16H2,(H,26,28);1H/t17-,24-;. The number of carbonyl (C=O) groups is 2. The van der Waals surface area contributed by atoms with Crippen LogP contribution in [0.2, 0.25) is 0 Å². The highest BCUT2D eigenvalue weighted by Crippen LogP contribution is 2.41. The van der Waals surface area contributed by atoms with Gasteiger partial charge in [0.25, 0.3) is 0 Å². The normalized spacial score (nSPS) is 22.8. The molecule has 1 N–H and O–H groups in total. The average Bonchev–Trinajstić information content (AvgIpc) is 3.10. The van der Waals surface area contributed by atoms with Crippen LogP contribution in [0.4, 0.5) is 16.2 Å². The SMILES string of the molecule is Cl.O=C1O[C@]2(CC[C@H](C(=O)Nc3cnc4ccccc4c3)CC2)CN1c1ccccc1. The molecule has 0 radical (unpaired) electrons. The number of ether oxygens (including phenoxy) is 1. The molecule has 160 valence electrons. The number of pyridine rings is 1. The summed E-state index contributed by atoms with van der Waals surface area (Å²) in [6.45, 7) is 0.540. The van der Waals surface area contributed by atoms with Gasteiger partial charge in [-0.05, 0) is 49.9 Å². The van der Waals surface area contributed by atoms with Gasteiger partial charge < -0.3 is 10.1 Å². The number of carbonyl (C=O) groups excluding carboxylic acids is 2. The average molecular weight is 438 g/mol. The molecule has 31 heavy (non-hydrogen) atoms. The first-order valence-corrected chi connectivity index (χ1v) is 10.3. The minimum Gasteiger partial charge on any atom is -0.441 e. The maximum absolute atomic E-state index is 12.8. The van der Waals surface area contributed by atoms with E-state index in [0.29, 0.717) is 37.9 Å². The van der Waals surface area contributed by atoms with Crippen molar-refractivity contribution in [3.05, 3.63) is 66.9 Å². The van der Waals surface area contributed by atoms with Crippen molar-refractivity contribution in [2.75, 3.05) is 16.8 Å². The van der Waals surface area contributed by atoms with E-state index in [1.165, 1.54) is 0 Å². The van der Waals surface area contributed by atoms with Gasteiger partial charge in [-0.1, -0.05) is 36.4 Å². The fourth-order valence-corrected chi connectivity index (χ4v) is 4.48. The van der Waals surface area contributed by atoms with E-state index in [0.717, 1.165) is 16.6 Å². The number of hydrogen-bond donors (Lipinski definition) is 1. The molecule has 1 aromatic heterocycles. The van der Waals surface area contributed by atoms with Crippen LogP contribution in [0.1, 0.15) is 25.7 Å². The molecule has 0 unspecified atom stereocenters. The number of nitrogens with zero attached hydrogens (tertiary/aromatic N) is 2. The molecule has 1 aliphatic heterocycles. The fourth-order valence-electron chi connectivity index (χ4n) is 4.48. The number of anilines is 2. The first kappa shape index (κ1) is 21.1. The molecule has 2 fully saturated rings. The van der Waals surface area contributed by atoms with Gasteiger partial charge in [-0.3, -0.25) is 14.7 Å². The van der Waals surface area contributed by atoms with Gasteiger partial charge in [0.1, 0.15) is 5.60 Å². The van der Waals surface area contributed by atoms with Crippen molar-refractivity contribution in [1.29, 1.82) is 0 Å². The molecular weight excluding hydrogens is 414 g/mol. The maximum atomic E-state index is 12.8. The highest BCUT2D eigenvalue weighted by Gasteiger charge is 2.48. The number of halogens is 1. The first-order valence-electron chi connectivity index (χ1n) is 10.3. The van der Waals surface area contributed by atoms with Gasteiger partial charge in [0.05, 0.1) is 23.9 Å². The van der Waals surface area contributed by atoms with Crippen LogP contribution in [0, 0.1) is 5.92 Å². The second-order valence-electron chi connectivity index (χ2n) is 8.15. The van der Waals surface area contributed by atoms with Crippen LogP contribution in [0.3, 0.4) is 0 Å². The summed E-state index contributed by atoms with van der Waals surface area (Å²) < 4.78 is 5.80. The third kappa shape index (κ3) is 4.21. The number of para-hydroxylation sites is 2. The number of aromatic nitrogens is 1. The fraction of sp³-hybridized carbons (Fsp3) is 0.292. The Bertz CT molecular complexity index is 1100. The Morgan fingerprint density at radius 2 is 1.77 bits per heavy atom. The Morgan fingerprint density at radius 3 is 2.55 bits per heavy atom. The molecule has 0 bridgehead atoms.